The number of rotatable bonds is 3. The van der Waals surface area contributed by atoms with Gasteiger partial charge in [-0.15, -0.1) is 0 Å². The van der Waals surface area contributed by atoms with Crippen molar-refractivity contribution in [2.75, 3.05) is 24.6 Å². The van der Waals surface area contributed by atoms with E-state index in [0.29, 0.717) is 18.4 Å². The Balaban J connectivity index is 1.30. The quantitative estimate of drug-likeness (QED) is 0.685. The lowest BCUT2D eigenvalue weighted by molar-refractivity contribution is -0.127. The molecule has 9 nitrogen and oxygen atoms in total. The molecular formula is C18H21N7O2. The van der Waals surface area contributed by atoms with Crippen LogP contribution in [0.15, 0.2) is 24.7 Å². The normalized spacial score (nSPS) is 21.4. The second-order valence-electron chi connectivity index (χ2n) is 7.33. The predicted octanol–water partition coefficient (Wildman–Crippen LogP) is 1.35. The van der Waals surface area contributed by atoms with Crippen molar-refractivity contribution in [3.05, 3.63) is 36.0 Å². The van der Waals surface area contributed by atoms with Crippen LogP contribution < -0.4 is 9.64 Å². The van der Waals surface area contributed by atoms with Crippen LogP contribution in [-0.2, 0) is 4.74 Å². The van der Waals surface area contributed by atoms with E-state index in [-0.39, 0.29) is 11.7 Å². The lowest BCUT2D eigenvalue weighted by Crippen LogP contribution is -2.67. The van der Waals surface area contributed by atoms with E-state index in [9.17, 15) is 0 Å². The summed E-state index contributed by atoms with van der Waals surface area (Å²) in [5.41, 5.74) is 1.63. The van der Waals surface area contributed by atoms with Crippen molar-refractivity contribution >= 4 is 11.6 Å². The molecule has 0 bridgehead atoms. The summed E-state index contributed by atoms with van der Waals surface area (Å²) in [6.45, 7) is 6.17. The van der Waals surface area contributed by atoms with Crippen LogP contribution in [-0.4, -0.2) is 61.0 Å². The maximum atomic E-state index is 6.15. The van der Waals surface area contributed by atoms with Gasteiger partial charge in [0.15, 0.2) is 0 Å². The van der Waals surface area contributed by atoms with Crippen molar-refractivity contribution in [3.63, 3.8) is 0 Å². The SMILES string of the molecule is Cc1ccnc(O[C@@H]2CCOC3(C2)CN(c2cc(C)nc4ncnn24)C3)n1. The van der Waals surface area contributed by atoms with Crippen molar-refractivity contribution in [3.8, 4) is 6.01 Å². The smallest absolute Gasteiger partial charge is 0.316 e. The van der Waals surface area contributed by atoms with Gasteiger partial charge in [0.25, 0.3) is 5.78 Å². The fraction of sp³-hybridized carbons (Fsp3) is 0.500. The minimum atomic E-state index is -0.198. The number of nitrogens with zero attached hydrogens (tertiary/aromatic N) is 7. The van der Waals surface area contributed by atoms with Gasteiger partial charge in [0, 0.05) is 36.5 Å². The molecule has 3 aromatic rings. The molecule has 5 rings (SSSR count). The summed E-state index contributed by atoms with van der Waals surface area (Å²) in [5.74, 6) is 1.61. The van der Waals surface area contributed by atoms with Gasteiger partial charge in [0.2, 0.25) is 0 Å². The Kier molecular flexibility index (Phi) is 3.71. The van der Waals surface area contributed by atoms with Crippen molar-refractivity contribution in [1.29, 1.82) is 0 Å². The van der Waals surface area contributed by atoms with Crippen LogP contribution >= 0.6 is 0 Å². The zero-order valence-electron chi connectivity index (χ0n) is 15.4. The monoisotopic (exact) mass is 367 g/mol. The number of hydrogen-bond acceptors (Lipinski definition) is 8. The average molecular weight is 367 g/mol. The minimum absolute atomic E-state index is 0.0632. The molecule has 0 unspecified atom stereocenters. The minimum Gasteiger partial charge on any atom is -0.460 e. The number of aryl methyl sites for hydroxylation is 2. The molecule has 5 heterocycles. The van der Waals surface area contributed by atoms with Gasteiger partial charge >= 0.3 is 6.01 Å². The summed E-state index contributed by atoms with van der Waals surface area (Å²) in [5, 5.41) is 4.29. The highest BCUT2D eigenvalue weighted by molar-refractivity contribution is 5.50. The molecule has 0 N–H and O–H groups in total. The molecule has 1 atom stereocenters. The Morgan fingerprint density at radius 3 is 2.93 bits per heavy atom. The largest absolute Gasteiger partial charge is 0.460 e. The van der Waals surface area contributed by atoms with Gasteiger partial charge in [-0.1, -0.05) is 0 Å². The second-order valence-corrected chi connectivity index (χ2v) is 7.33. The number of ether oxygens (including phenoxy) is 2. The molecule has 0 aliphatic carbocycles. The fourth-order valence-electron chi connectivity index (χ4n) is 3.88. The highest BCUT2D eigenvalue weighted by atomic mass is 16.5. The molecule has 140 valence electrons. The molecule has 9 heteroatoms. The van der Waals surface area contributed by atoms with Gasteiger partial charge < -0.3 is 14.4 Å². The Morgan fingerprint density at radius 2 is 2.07 bits per heavy atom. The maximum absolute atomic E-state index is 6.15. The van der Waals surface area contributed by atoms with Crippen LogP contribution in [0.1, 0.15) is 24.2 Å². The van der Waals surface area contributed by atoms with Gasteiger partial charge in [-0.05, 0) is 19.9 Å². The fourth-order valence-corrected chi connectivity index (χ4v) is 3.88. The molecule has 1 spiro atoms. The van der Waals surface area contributed by atoms with Gasteiger partial charge in [-0.2, -0.15) is 14.6 Å². The van der Waals surface area contributed by atoms with Crippen LogP contribution in [0.2, 0.25) is 0 Å². The molecule has 27 heavy (non-hydrogen) atoms. The van der Waals surface area contributed by atoms with E-state index >= 15 is 0 Å². The van der Waals surface area contributed by atoms with Crippen molar-refractivity contribution in [2.45, 2.75) is 38.4 Å². The summed E-state index contributed by atoms with van der Waals surface area (Å²) >= 11 is 0. The third kappa shape index (κ3) is 2.97. The van der Waals surface area contributed by atoms with Crippen molar-refractivity contribution in [2.24, 2.45) is 0 Å². The van der Waals surface area contributed by atoms with Crippen molar-refractivity contribution < 1.29 is 9.47 Å². The molecular weight excluding hydrogens is 346 g/mol. The number of aromatic nitrogens is 6. The van der Waals surface area contributed by atoms with Crippen LogP contribution in [0.3, 0.4) is 0 Å². The number of hydrogen-bond donors (Lipinski definition) is 0. The molecule has 0 aromatic carbocycles. The first kappa shape index (κ1) is 16.4. The van der Waals surface area contributed by atoms with E-state index in [4.69, 9.17) is 9.47 Å². The first-order valence-electron chi connectivity index (χ1n) is 9.13. The predicted molar refractivity (Wildman–Crippen MR) is 96.8 cm³/mol. The van der Waals surface area contributed by atoms with Crippen LogP contribution in [0.25, 0.3) is 5.78 Å². The van der Waals surface area contributed by atoms with E-state index in [2.05, 4.69) is 29.9 Å². The zero-order chi connectivity index (χ0) is 18.4. The summed E-state index contributed by atoms with van der Waals surface area (Å²) < 4.78 is 13.9. The van der Waals surface area contributed by atoms with E-state index in [1.165, 1.54) is 6.33 Å². The first-order chi connectivity index (χ1) is 13.1. The second kappa shape index (κ2) is 6.12. The maximum Gasteiger partial charge on any atom is 0.316 e. The van der Waals surface area contributed by atoms with Crippen LogP contribution in [0.4, 0.5) is 5.82 Å². The van der Waals surface area contributed by atoms with E-state index in [0.717, 1.165) is 43.1 Å². The number of anilines is 1. The summed E-state index contributed by atoms with van der Waals surface area (Å²) in [6, 6.07) is 4.35. The Morgan fingerprint density at radius 1 is 1.19 bits per heavy atom. The van der Waals surface area contributed by atoms with Crippen molar-refractivity contribution in [1.82, 2.24) is 29.5 Å². The molecule has 2 aliphatic heterocycles. The van der Waals surface area contributed by atoms with E-state index < -0.39 is 0 Å². The summed E-state index contributed by atoms with van der Waals surface area (Å²) in [6.07, 6.45) is 5.00. The van der Waals surface area contributed by atoms with E-state index in [1.54, 1.807) is 10.7 Å². The van der Waals surface area contributed by atoms with Crippen LogP contribution in [0.5, 0.6) is 6.01 Å². The number of fused-ring (bicyclic) bond motifs is 1. The molecule has 2 fully saturated rings. The zero-order valence-corrected chi connectivity index (χ0v) is 15.4. The topological polar surface area (TPSA) is 90.6 Å². The standard InChI is InChI=1S/C18H21N7O2/c1-12-3-5-19-17(23-12)27-14-4-6-26-18(8-14)9-24(10-18)15-7-13(2)22-16-20-11-21-25(15)16/h3,5,7,11,14H,4,6,8-10H2,1-2H3/t14-/m1/s1. The molecule has 0 amide bonds. The van der Waals surface area contributed by atoms with E-state index in [1.807, 2.05) is 26.0 Å². The van der Waals surface area contributed by atoms with Gasteiger partial charge in [-0.3, -0.25) is 0 Å². The Labute approximate surface area is 156 Å². The molecule has 2 saturated heterocycles. The lowest BCUT2D eigenvalue weighted by atomic mass is 9.84. The third-order valence-corrected chi connectivity index (χ3v) is 5.14. The third-order valence-electron chi connectivity index (χ3n) is 5.14. The molecule has 0 radical (unpaired) electrons. The van der Waals surface area contributed by atoms with Gasteiger partial charge in [0.05, 0.1) is 19.7 Å². The summed E-state index contributed by atoms with van der Waals surface area (Å²) in [4.78, 5) is 19.4. The average Bonchev–Trinajstić information content (AvgIpc) is 3.07. The lowest BCUT2D eigenvalue weighted by Gasteiger charge is -2.53. The summed E-state index contributed by atoms with van der Waals surface area (Å²) in [7, 11) is 0. The van der Waals surface area contributed by atoms with Gasteiger partial charge in [0.1, 0.15) is 23.9 Å². The first-order valence-corrected chi connectivity index (χ1v) is 9.13. The molecule has 3 aromatic heterocycles. The Hall–Kier alpha value is -2.81. The van der Waals surface area contributed by atoms with Gasteiger partial charge in [-0.25, -0.2) is 15.0 Å². The Bertz CT molecular complexity index is 983. The molecule has 0 saturated carbocycles. The highest BCUT2D eigenvalue weighted by Crippen LogP contribution is 2.38. The molecule has 2 aliphatic rings. The van der Waals surface area contributed by atoms with Crippen LogP contribution in [0, 0.1) is 13.8 Å². The highest BCUT2D eigenvalue weighted by Gasteiger charge is 2.49.